The summed E-state index contributed by atoms with van der Waals surface area (Å²) in [6.07, 6.45) is 0. The second-order valence-corrected chi connectivity index (χ2v) is 4.18. The summed E-state index contributed by atoms with van der Waals surface area (Å²) in [6, 6.07) is 5.73. The smallest absolute Gasteiger partial charge is 0.293 e. The van der Waals surface area contributed by atoms with Crippen LogP contribution in [0.4, 0.5) is 0 Å². The molecule has 1 N–H and O–H groups in total. The number of H-pyrrole nitrogens is 1. The number of pyridine rings is 1. The van der Waals surface area contributed by atoms with Gasteiger partial charge >= 0.3 is 0 Å². The molecule has 2 heterocycles. The van der Waals surface area contributed by atoms with Crippen LogP contribution in [-0.2, 0) is 6.54 Å². The monoisotopic (exact) mass is 245 g/mol. The number of aryl methyl sites for hydroxylation is 2. The Bertz CT molecular complexity index is 563. The summed E-state index contributed by atoms with van der Waals surface area (Å²) in [5.74, 6) is 0.589. The first-order valence-electron chi connectivity index (χ1n) is 5.63. The summed E-state index contributed by atoms with van der Waals surface area (Å²) in [6.45, 7) is 4.12. The van der Waals surface area contributed by atoms with Crippen LogP contribution in [0.25, 0.3) is 0 Å². The maximum absolute atomic E-state index is 12.0. The van der Waals surface area contributed by atoms with Gasteiger partial charge in [0.15, 0.2) is 0 Å². The Labute approximate surface area is 105 Å². The Morgan fingerprint density at radius 2 is 2.11 bits per heavy atom. The van der Waals surface area contributed by atoms with Gasteiger partial charge in [-0.15, -0.1) is 5.10 Å². The Kier molecular flexibility index (Phi) is 3.36. The predicted molar refractivity (Wildman–Crippen MR) is 65.9 cm³/mol. The van der Waals surface area contributed by atoms with E-state index in [1.165, 1.54) is 0 Å². The third kappa shape index (κ3) is 2.71. The van der Waals surface area contributed by atoms with Crippen LogP contribution in [0.3, 0.4) is 0 Å². The van der Waals surface area contributed by atoms with Gasteiger partial charge in [-0.2, -0.15) is 0 Å². The second kappa shape index (κ2) is 4.95. The van der Waals surface area contributed by atoms with Gasteiger partial charge in [0, 0.05) is 12.7 Å². The van der Waals surface area contributed by atoms with Crippen LogP contribution in [0.1, 0.15) is 27.8 Å². The summed E-state index contributed by atoms with van der Waals surface area (Å²) in [5.41, 5.74) is 1.78. The normalized spacial score (nSPS) is 10.4. The lowest BCUT2D eigenvalue weighted by molar-refractivity contribution is 0.0771. The van der Waals surface area contributed by atoms with Crippen molar-refractivity contribution in [3.05, 3.63) is 41.2 Å². The van der Waals surface area contributed by atoms with Gasteiger partial charge in [-0.25, -0.2) is 4.98 Å². The first-order chi connectivity index (χ1) is 8.56. The molecule has 0 aliphatic rings. The number of hydrogen-bond donors (Lipinski definition) is 1. The Balaban J connectivity index is 2.08. The minimum absolute atomic E-state index is 0.183. The van der Waals surface area contributed by atoms with Crippen LogP contribution >= 0.6 is 0 Å². The number of hydrogen-bond acceptors (Lipinski definition) is 4. The molecule has 6 heteroatoms. The molecule has 94 valence electrons. The van der Waals surface area contributed by atoms with Crippen LogP contribution in [0.2, 0.25) is 0 Å². The van der Waals surface area contributed by atoms with Crippen molar-refractivity contribution in [1.29, 1.82) is 0 Å². The van der Waals surface area contributed by atoms with Crippen molar-refractivity contribution in [2.45, 2.75) is 20.4 Å². The van der Waals surface area contributed by atoms with Gasteiger partial charge in [0.25, 0.3) is 5.91 Å². The topological polar surface area (TPSA) is 74.8 Å². The zero-order valence-electron chi connectivity index (χ0n) is 10.6. The number of aromatic amines is 1. The van der Waals surface area contributed by atoms with Gasteiger partial charge in [-0.05, 0) is 26.0 Å². The van der Waals surface area contributed by atoms with E-state index >= 15 is 0 Å². The predicted octanol–water partition coefficient (Wildman–Crippen LogP) is 1.09. The highest BCUT2D eigenvalue weighted by molar-refractivity contribution is 5.90. The Hall–Kier alpha value is -2.24. The molecule has 18 heavy (non-hydrogen) atoms. The number of nitrogens with one attached hydrogen (secondary N) is 1. The lowest BCUT2D eigenvalue weighted by Gasteiger charge is -2.14. The lowest BCUT2D eigenvalue weighted by Crippen LogP contribution is -2.27. The highest BCUT2D eigenvalue weighted by Crippen LogP contribution is 2.04. The van der Waals surface area contributed by atoms with Gasteiger partial charge in [0.2, 0.25) is 5.82 Å². The minimum atomic E-state index is -0.220. The van der Waals surface area contributed by atoms with E-state index in [0.717, 1.165) is 11.4 Å². The molecule has 0 fully saturated rings. The SMILES string of the molecule is Cc1cccc(CN(C)C(=O)c2n[nH]c(C)n2)n1. The van der Waals surface area contributed by atoms with Crippen molar-refractivity contribution < 1.29 is 4.79 Å². The van der Waals surface area contributed by atoms with Crippen molar-refractivity contribution in [2.24, 2.45) is 0 Å². The zero-order valence-corrected chi connectivity index (χ0v) is 10.6. The molecule has 2 aromatic rings. The van der Waals surface area contributed by atoms with Gasteiger partial charge in [-0.1, -0.05) is 6.07 Å². The number of aromatic nitrogens is 4. The van der Waals surface area contributed by atoms with Crippen LogP contribution in [0.5, 0.6) is 0 Å². The highest BCUT2D eigenvalue weighted by atomic mass is 16.2. The standard InChI is InChI=1S/C12H15N5O/c1-8-5-4-6-10(13-8)7-17(3)12(18)11-14-9(2)15-16-11/h4-6H,7H2,1-3H3,(H,14,15,16). The van der Waals surface area contributed by atoms with E-state index in [-0.39, 0.29) is 11.7 Å². The van der Waals surface area contributed by atoms with Crippen LogP contribution in [0.15, 0.2) is 18.2 Å². The minimum Gasteiger partial charge on any atom is -0.333 e. The molecule has 0 unspecified atom stereocenters. The maximum atomic E-state index is 12.0. The molecule has 6 nitrogen and oxygen atoms in total. The molecule has 0 radical (unpaired) electrons. The first-order valence-corrected chi connectivity index (χ1v) is 5.63. The van der Waals surface area contributed by atoms with E-state index in [9.17, 15) is 4.79 Å². The summed E-state index contributed by atoms with van der Waals surface area (Å²) < 4.78 is 0. The third-order valence-corrected chi connectivity index (χ3v) is 2.48. The van der Waals surface area contributed by atoms with Gasteiger partial charge in [-0.3, -0.25) is 14.9 Å². The average molecular weight is 245 g/mol. The lowest BCUT2D eigenvalue weighted by atomic mass is 10.3. The van der Waals surface area contributed by atoms with Crippen molar-refractivity contribution in [3.8, 4) is 0 Å². The number of carbonyl (C=O) groups excluding carboxylic acids is 1. The van der Waals surface area contributed by atoms with E-state index in [1.807, 2.05) is 25.1 Å². The van der Waals surface area contributed by atoms with Gasteiger partial charge in [0.1, 0.15) is 5.82 Å². The quantitative estimate of drug-likeness (QED) is 0.878. The molecule has 0 aromatic carbocycles. The molecule has 0 saturated heterocycles. The summed E-state index contributed by atoms with van der Waals surface area (Å²) in [4.78, 5) is 21.9. The Morgan fingerprint density at radius 1 is 1.33 bits per heavy atom. The number of nitrogens with zero attached hydrogens (tertiary/aromatic N) is 4. The van der Waals surface area contributed by atoms with E-state index < -0.39 is 0 Å². The molecule has 0 bridgehead atoms. The molecule has 0 saturated carbocycles. The number of carbonyl (C=O) groups is 1. The largest absolute Gasteiger partial charge is 0.333 e. The second-order valence-electron chi connectivity index (χ2n) is 4.18. The van der Waals surface area contributed by atoms with E-state index in [2.05, 4.69) is 20.2 Å². The van der Waals surface area contributed by atoms with Crippen LogP contribution in [0, 0.1) is 13.8 Å². The highest BCUT2D eigenvalue weighted by Gasteiger charge is 2.16. The maximum Gasteiger partial charge on any atom is 0.293 e. The van der Waals surface area contributed by atoms with Crippen LogP contribution < -0.4 is 0 Å². The molecule has 2 rings (SSSR count). The van der Waals surface area contributed by atoms with E-state index in [4.69, 9.17) is 0 Å². The molecule has 0 spiro atoms. The fourth-order valence-corrected chi connectivity index (χ4v) is 1.61. The molecular weight excluding hydrogens is 230 g/mol. The third-order valence-electron chi connectivity index (χ3n) is 2.48. The molecule has 0 aliphatic heterocycles. The van der Waals surface area contributed by atoms with Crippen molar-refractivity contribution in [3.63, 3.8) is 0 Å². The van der Waals surface area contributed by atoms with Crippen molar-refractivity contribution >= 4 is 5.91 Å². The van der Waals surface area contributed by atoms with Crippen molar-refractivity contribution in [1.82, 2.24) is 25.1 Å². The molecule has 0 aliphatic carbocycles. The van der Waals surface area contributed by atoms with Gasteiger partial charge < -0.3 is 4.90 Å². The average Bonchev–Trinajstić information content (AvgIpc) is 2.75. The van der Waals surface area contributed by atoms with Crippen molar-refractivity contribution in [2.75, 3.05) is 7.05 Å². The molecule has 0 atom stereocenters. The zero-order chi connectivity index (χ0) is 13.1. The number of amides is 1. The first kappa shape index (κ1) is 12.2. The summed E-state index contributed by atoms with van der Waals surface area (Å²) in [5, 5.41) is 6.50. The molecule has 1 amide bonds. The summed E-state index contributed by atoms with van der Waals surface area (Å²) in [7, 11) is 1.71. The fourth-order valence-electron chi connectivity index (χ4n) is 1.61. The Morgan fingerprint density at radius 3 is 2.72 bits per heavy atom. The molecule has 2 aromatic heterocycles. The fraction of sp³-hybridized carbons (Fsp3) is 0.333. The van der Waals surface area contributed by atoms with Gasteiger partial charge in [0.05, 0.1) is 12.2 Å². The van der Waals surface area contributed by atoms with Crippen LogP contribution in [-0.4, -0.2) is 38.0 Å². The van der Waals surface area contributed by atoms with E-state index in [0.29, 0.717) is 12.4 Å². The molecular formula is C12H15N5O. The summed E-state index contributed by atoms with van der Waals surface area (Å²) >= 11 is 0. The van der Waals surface area contributed by atoms with E-state index in [1.54, 1.807) is 18.9 Å². The number of rotatable bonds is 3.